The lowest BCUT2D eigenvalue weighted by molar-refractivity contribution is -0.139. The second kappa shape index (κ2) is 5.12. The van der Waals surface area contributed by atoms with Gasteiger partial charge in [0.25, 0.3) is 0 Å². The molecule has 2 N–H and O–H groups in total. The van der Waals surface area contributed by atoms with Gasteiger partial charge in [0, 0.05) is 19.1 Å². The van der Waals surface area contributed by atoms with E-state index in [4.69, 9.17) is 4.74 Å². The van der Waals surface area contributed by atoms with E-state index in [0.29, 0.717) is 19.8 Å². The van der Waals surface area contributed by atoms with Gasteiger partial charge in [-0.2, -0.15) is 0 Å². The van der Waals surface area contributed by atoms with Gasteiger partial charge in [-0.05, 0) is 19.9 Å². The smallest absolute Gasteiger partial charge is 0.229 e. The first-order valence-corrected chi connectivity index (χ1v) is 5.94. The van der Waals surface area contributed by atoms with Gasteiger partial charge in [-0.1, -0.05) is 0 Å². The van der Waals surface area contributed by atoms with Gasteiger partial charge in [-0.25, -0.2) is 0 Å². The summed E-state index contributed by atoms with van der Waals surface area (Å²) in [6, 6.07) is 0.117. The molecular formula is C11H20N2O3. The Morgan fingerprint density at radius 3 is 3.00 bits per heavy atom. The van der Waals surface area contributed by atoms with Crippen LogP contribution in [0.1, 0.15) is 12.8 Å². The molecule has 2 aliphatic heterocycles. The van der Waals surface area contributed by atoms with Crippen LogP contribution >= 0.6 is 0 Å². The molecule has 2 rings (SSSR count). The summed E-state index contributed by atoms with van der Waals surface area (Å²) >= 11 is 0. The first kappa shape index (κ1) is 11.8. The van der Waals surface area contributed by atoms with Gasteiger partial charge in [0.05, 0.1) is 25.2 Å². The van der Waals surface area contributed by atoms with E-state index < -0.39 is 0 Å². The van der Waals surface area contributed by atoms with E-state index in [-0.39, 0.29) is 24.0 Å². The lowest BCUT2D eigenvalue weighted by Gasteiger charge is -2.32. The lowest BCUT2D eigenvalue weighted by atomic mass is 10.00. The number of aliphatic hydroxyl groups is 1. The Morgan fingerprint density at radius 2 is 2.31 bits per heavy atom. The van der Waals surface area contributed by atoms with Gasteiger partial charge in [-0.3, -0.25) is 4.79 Å². The minimum Gasteiger partial charge on any atom is -0.391 e. The number of ether oxygens (including phenoxy) is 1. The number of nitrogens with one attached hydrogen (secondary N) is 1. The fourth-order valence-corrected chi connectivity index (χ4v) is 2.47. The molecule has 0 radical (unpaired) electrons. The fraction of sp³-hybridized carbons (Fsp3) is 0.909. The zero-order valence-electron chi connectivity index (χ0n) is 9.69. The molecule has 3 atom stereocenters. The molecule has 2 heterocycles. The van der Waals surface area contributed by atoms with Crippen LogP contribution in [0.25, 0.3) is 0 Å². The lowest BCUT2D eigenvalue weighted by Crippen LogP contribution is -2.49. The summed E-state index contributed by atoms with van der Waals surface area (Å²) in [6.07, 6.45) is 1.35. The van der Waals surface area contributed by atoms with Gasteiger partial charge in [0.15, 0.2) is 0 Å². The van der Waals surface area contributed by atoms with Crippen LogP contribution in [0.15, 0.2) is 0 Å². The number of β-amino-alcohol motifs (C(OH)–C–C–N with tert-alkyl or cyclic N) is 1. The highest BCUT2D eigenvalue weighted by molar-refractivity contribution is 5.80. The number of hydrogen-bond acceptors (Lipinski definition) is 4. The normalized spacial score (nSPS) is 35.4. The largest absolute Gasteiger partial charge is 0.391 e. The predicted molar refractivity (Wildman–Crippen MR) is 59.0 cm³/mol. The second-order valence-electron chi connectivity index (χ2n) is 4.62. The van der Waals surface area contributed by atoms with Crippen molar-refractivity contribution in [2.45, 2.75) is 25.0 Å². The quantitative estimate of drug-likeness (QED) is 0.650. The third-order valence-corrected chi connectivity index (χ3v) is 3.48. The molecule has 3 unspecified atom stereocenters. The van der Waals surface area contributed by atoms with E-state index >= 15 is 0 Å². The van der Waals surface area contributed by atoms with Crippen molar-refractivity contribution in [1.29, 1.82) is 0 Å². The molecule has 0 aromatic heterocycles. The van der Waals surface area contributed by atoms with Crippen molar-refractivity contribution in [2.24, 2.45) is 5.92 Å². The molecular weight excluding hydrogens is 208 g/mol. The van der Waals surface area contributed by atoms with Crippen molar-refractivity contribution < 1.29 is 14.6 Å². The molecule has 0 aliphatic carbocycles. The third-order valence-electron chi connectivity index (χ3n) is 3.48. The van der Waals surface area contributed by atoms with Crippen LogP contribution < -0.4 is 5.32 Å². The highest BCUT2D eigenvalue weighted by Crippen LogP contribution is 2.19. The van der Waals surface area contributed by atoms with Crippen LogP contribution in [0.5, 0.6) is 0 Å². The standard InChI is InChI=1S/C11H20N2O3/c1-12-10-7-16-6-9(10)11(15)13-4-2-3-8(14)5-13/h8-10,12,14H,2-7H2,1H3. The first-order chi connectivity index (χ1) is 7.72. The molecule has 92 valence electrons. The van der Waals surface area contributed by atoms with Crippen molar-refractivity contribution in [3.63, 3.8) is 0 Å². The molecule has 0 spiro atoms. The summed E-state index contributed by atoms with van der Waals surface area (Å²) in [4.78, 5) is 14.0. The number of carbonyl (C=O) groups excluding carboxylic acids is 1. The van der Waals surface area contributed by atoms with Crippen LogP contribution in [-0.4, -0.2) is 61.4 Å². The Hall–Kier alpha value is -0.650. The summed E-state index contributed by atoms with van der Waals surface area (Å²) in [5, 5.41) is 12.7. The van der Waals surface area contributed by atoms with Crippen molar-refractivity contribution in [3.8, 4) is 0 Å². The number of hydrogen-bond donors (Lipinski definition) is 2. The summed E-state index contributed by atoms with van der Waals surface area (Å²) in [5.41, 5.74) is 0. The number of rotatable bonds is 2. The number of carbonyl (C=O) groups is 1. The molecule has 1 amide bonds. The fourth-order valence-electron chi connectivity index (χ4n) is 2.47. The summed E-state index contributed by atoms with van der Waals surface area (Å²) in [7, 11) is 1.85. The molecule has 2 saturated heterocycles. The molecule has 5 nitrogen and oxygen atoms in total. The van der Waals surface area contributed by atoms with E-state index in [1.807, 2.05) is 7.05 Å². The number of piperidine rings is 1. The molecule has 0 aromatic rings. The Bertz CT molecular complexity index is 260. The van der Waals surface area contributed by atoms with Crippen molar-refractivity contribution in [2.75, 3.05) is 33.4 Å². The second-order valence-corrected chi connectivity index (χ2v) is 4.62. The van der Waals surface area contributed by atoms with Crippen LogP contribution in [0.2, 0.25) is 0 Å². The SMILES string of the molecule is CNC1COCC1C(=O)N1CCCC(O)C1. The van der Waals surface area contributed by atoms with Gasteiger partial charge in [-0.15, -0.1) is 0 Å². The maximum atomic E-state index is 12.2. The average Bonchev–Trinajstić information content (AvgIpc) is 2.76. The van der Waals surface area contributed by atoms with E-state index in [1.165, 1.54) is 0 Å². The Morgan fingerprint density at radius 1 is 1.50 bits per heavy atom. The van der Waals surface area contributed by atoms with Crippen molar-refractivity contribution in [3.05, 3.63) is 0 Å². The highest BCUT2D eigenvalue weighted by atomic mass is 16.5. The van der Waals surface area contributed by atoms with E-state index in [9.17, 15) is 9.90 Å². The average molecular weight is 228 g/mol. The molecule has 2 aliphatic rings. The number of amides is 1. The maximum absolute atomic E-state index is 12.2. The number of aliphatic hydroxyl groups excluding tert-OH is 1. The number of nitrogens with zero attached hydrogens (tertiary/aromatic N) is 1. The Labute approximate surface area is 95.8 Å². The van der Waals surface area contributed by atoms with Gasteiger partial charge in [0.2, 0.25) is 5.91 Å². The maximum Gasteiger partial charge on any atom is 0.229 e. The number of likely N-dealkylation sites (N-methyl/N-ethyl adjacent to an activating group) is 1. The number of likely N-dealkylation sites (tertiary alicyclic amines) is 1. The topological polar surface area (TPSA) is 61.8 Å². The minimum absolute atomic E-state index is 0.0877. The molecule has 0 aromatic carbocycles. The van der Waals surface area contributed by atoms with Crippen molar-refractivity contribution in [1.82, 2.24) is 10.2 Å². The predicted octanol–water partition coefficient (Wildman–Crippen LogP) is -0.796. The molecule has 2 fully saturated rings. The van der Waals surface area contributed by atoms with Crippen molar-refractivity contribution >= 4 is 5.91 Å². The van der Waals surface area contributed by atoms with Crippen LogP contribution in [-0.2, 0) is 9.53 Å². The summed E-state index contributed by atoms with van der Waals surface area (Å²) < 4.78 is 5.33. The monoisotopic (exact) mass is 228 g/mol. The third kappa shape index (κ3) is 2.36. The Kier molecular flexibility index (Phi) is 3.78. The molecule has 5 heteroatoms. The van der Waals surface area contributed by atoms with Crippen LogP contribution in [0.4, 0.5) is 0 Å². The summed E-state index contributed by atoms with van der Waals surface area (Å²) in [6.45, 7) is 2.34. The molecule has 0 saturated carbocycles. The van der Waals surface area contributed by atoms with E-state index in [2.05, 4.69) is 5.32 Å². The zero-order valence-corrected chi connectivity index (χ0v) is 9.69. The molecule has 16 heavy (non-hydrogen) atoms. The minimum atomic E-state index is -0.354. The van der Waals surface area contributed by atoms with Crippen LogP contribution in [0.3, 0.4) is 0 Å². The van der Waals surface area contributed by atoms with Gasteiger partial charge < -0.3 is 20.1 Å². The Balaban J connectivity index is 1.95. The van der Waals surface area contributed by atoms with Crippen LogP contribution in [0, 0.1) is 5.92 Å². The van der Waals surface area contributed by atoms with Gasteiger partial charge in [0.1, 0.15) is 0 Å². The van der Waals surface area contributed by atoms with E-state index in [1.54, 1.807) is 4.90 Å². The summed E-state index contributed by atoms with van der Waals surface area (Å²) in [5.74, 6) is 0.0332. The zero-order chi connectivity index (χ0) is 11.5. The highest BCUT2D eigenvalue weighted by Gasteiger charge is 2.36. The molecule has 0 bridgehead atoms. The van der Waals surface area contributed by atoms with Gasteiger partial charge >= 0.3 is 0 Å². The van der Waals surface area contributed by atoms with E-state index in [0.717, 1.165) is 19.4 Å². The first-order valence-electron chi connectivity index (χ1n) is 5.94.